The Balaban J connectivity index is 1.70. The smallest absolute Gasteiger partial charge is 0.258 e. The minimum Gasteiger partial charge on any atom is -0.364 e. The van der Waals surface area contributed by atoms with E-state index < -0.39 is 0 Å². The van der Waals surface area contributed by atoms with Gasteiger partial charge in [0.15, 0.2) is 0 Å². The summed E-state index contributed by atoms with van der Waals surface area (Å²) in [5, 5.41) is 3.23. The Bertz CT molecular complexity index is 880. The molecule has 0 radical (unpaired) electrons. The molecule has 1 amide bonds. The molecule has 3 aromatic rings. The third-order valence-corrected chi connectivity index (χ3v) is 4.28. The molecule has 116 valence electrons. The lowest BCUT2D eigenvalue weighted by Gasteiger charge is -2.22. The van der Waals surface area contributed by atoms with Crippen molar-refractivity contribution in [2.75, 3.05) is 5.32 Å². The zero-order chi connectivity index (χ0) is 16.0. The van der Waals surface area contributed by atoms with Gasteiger partial charge < -0.3 is 14.9 Å². The summed E-state index contributed by atoms with van der Waals surface area (Å²) < 4.78 is 2.09. The molecule has 0 fully saturated rings. The van der Waals surface area contributed by atoms with Crippen molar-refractivity contribution in [1.82, 2.24) is 19.5 Å². The maximum absolute atomic E-state index is 12.6. The van der Waals surface area contributed by atoms with Crippen LogP contribution in [0.15, 0.2) is 36.9 Å². The van der Waals surface area contributed by atoms with Crippen molar-refractivity contribution in [3.8, 4) is 11.4 Å². The van der Waals surface area contributed by atoms with Crippen molar-refractivity contribution in [2.45, 2.75) is 19.4 Å². The fourth-order valence-corrected chi connectivity index (χ4v) is 3.08. The summed E-state index contributed by atoms with van der Waals surface area (Å²) in [7, 11) is 0. The number of H-pyrrole nitrogens is 1. The largest absolute Gasteiger partial charge is 0.364 e. The Labute approximate surface area is 137 Å². The van der Waals surface area contributed by atoms with Crippen LogP contribution < -0.4 is 5.32 Å². The molecule has 4 heterocycles. The Morgan fingerprint density at radius 3 is 3.09 bits per heavy atom. The molecule has 4 rings (SSSR count). The lowest BCUT2D eigenvalue weighted by atomic mass is 10.0. The van der Waals surface area contributed by atoms with Crippen LogP contribution in [0.25, 0.3) is 11.4 Å². The van der Waals surface area contributed by atoms with Crippen LogP contribution >= 0.6 is 11.6 Å². The average Bonchev–Trinajstić information content (AvgIpc) is 3.15. The summed E-state index contributed by atoms with van der Waals surface area (Å²) in [4.78, 5) is 24.2. The number of carbonyl (C=O) groups is 1. The van der Waals surface area contributed by atoms with Crippen LogP contribution in [0.4, 0.5) is 5.69 Å². The number of nitrogens with zero attached hydrogens (tertiary/aromatic N) is 3. The summed E-state index contributed by atoms with van der Waals surface area (Å²) >= 11 is 5.76. The van der Waals surface area contributed by atoms with Crippen LogP contribution in [0.2, 0.25) is 5.15 Å². The van der Waals surface area contributed by atoms with E-state index in [4.69, 9.17) is 11.6 Å². The number of halogens is 1. The van der Waals surface area contributed by atoms with Gasteiger partial charge in [-0.1, -0.05) is 11.6 Å². The third kappa shape index (κ3) is 2.31. The van der Waals surface area contributed by atoms with Gasteiger partial charge in [-0.05, 0) is 19.1 Å². The maximum atomic E-state index is 12.6. The van der Waals surface area contributed by atoms with Crippen LogP contribution in [0.5, 0.6) is 0 Å². The molecule has 23 heavy (non-hydrogen) atoms. The van der Waals surface area contributed by atoms with E-state index in [0.717, 1.165) is 23.5 Å². The summed E-state index contributed by atoms with van der Waals surface area (Å²) in [6.07, 6.45) is 7.82. The predicted molar refractivity (Wildman–Crippen MR) is 87.6 cm³/mol. The lowest BCUT2D eigenvalue weighted by molar-refractivity contribution is 0.102. The Morgan fingerprint density at radius 2 is 2.30 bits per heavy atom. The van der Waals surface area contributed by atoms with Crippen molar-refractivity contribution in [3.05, 3.63) is 53.3 Å². The molecule has 0 aromatic carbocycles. The molecule has 0 saturated carbocycles. The Morgan fingerprint density at radius 1 is 1.43 bits per heavy atom. The van der Waals surface area contributed by atoms with Crippen LogP contribution in [0, 0.1) is 0 Å². The van der Waals surface area contributed by atoms with E-state index in [-0.39, 0.29) is 5.91 Å². The summed E-state index contributed by atoms with van der Waals surface area (Å²) in [5.74, 6) is 0.620. The average molecular weight is 328 g/mol. The van der Waals surface area contributed by atoms with Crippen LogP contribution in [-0.2, 0) is 6.42 Å². The minimum atomic E-state index is -0.198. The highest BCUT2D eigenvalue weighted by Gasteiger charge is 2.28. The highest BCUT2D eigenvalue weighted by Crippen LogP contribution is 2.35. The van der Waals surface area contributed by atoms with Gasteiger partial charge in [0, 0.05) is 36.7 Å². The number of nitrogens with one attached hydrogen (secondary N) is 2. The summed E-state index contributed by atoms with van der Waals surface area (Å²) in [6.45, 7) is 2.13. The SMILES string of the molecule is CC1Cc2[nH]cc(C(=O)Nc3ccc(Cl)nc3)c2-c2nccn21. The first-order chi connectivity index (χ1) is 11.1. The highest BCUT2D eigenvalue weighted by molar-refractivity contribution is 6.29. The van der Waals surface area contributed by atoms with Crippen LogP contribution in [0.1, 0.15) is 29.0 Å². The van der Waals surface area contributed by atoms with Crippen molar-refractivity contribution in [2.24, 2.45) is 0 Å². The number of imidazole rings is 1. The highest BCUT2D eigenvalue weighted by atomic mass is 35.5. The van der Waals surface area contributed by atoms with E-state index in [0.29, 0.717) is 22.4 Å². The first kappa shape index (κ1) is 14.0. The zero-order valence-corrected chi connectivity index (χ0v) is 13.1. The summed E-state index contributed by atoms with van der Waals surface area (Å²) in [6, 6.07) is 3.67. The number of amides is 1. The molecule has 3 aromatic heterocycles. The monoisotopic (exact) mass is 327 g/mol. The molecular formula is C16H14ClN5O. The van der Waals surface area contributed by atoms with E-state index >= 15 is 0 Å². The second kappa shape index (κ2) is 5.24. The molecular weight excluding hydrogens is 314 g/mol. The standard InChI is InChI=1S/C16H14ClN5O/c1-9-6-12-14(15-18-4-5-22(9)15)11(8-19-12)16(23)21-10-2-3-13(17)20-7-10/h2-5,7-9,19H,6H2,1H3,(H,21,23). The van der Waals surface area contributed by atoms with Gasteiger partial charge in [0.2, 0.25) is 0 Å². The molecule has 0 saturated heterocycles. The van der Waals surface area contributed by atoms with Crippen molar-refractivity contribution >= 4 is 23.2 Å². The predicted octanol–water partition coefficient (Wildman–Crippen LogP) is 3.30. The topological polar surface area (TPSA) is 75.6 Å². The molecule has 1 aliphatic heterocycles. The number of pyridine rings is 1. The second-order valence-corrected chi connectivity index (χ2v) is 5.98. The fraction of sp³-hybridized carbons (Fsp3) is 0.188. The second-order valence-electron chi connectivity index (χ2n) is 5.59. The number of rotatable bonds is 2. The van der Waals surface area contributed by atoms with E-state index in [1.54, 1.807) is 24.5 Å². The molecule has 1 atom stereocenters. The molecule has 7 heteroatoms. The number of carbonyl (C=O) groups excluding carboxylic acids is 1. The fourth-order valence-electron chi connectivity index (χ4n) is 2.97. The maximum Gasteiger partial charge on any atom is 0.258 e. The first-order valence-electron chi connectivity index (χ1n) is 7.30. The molecule has 1 unspecified atom stereocenters. The normalized spacial score (nSPS) is 15.8. The van der Waals surface area contributed by atoms with Crippen molar-refractivity contribution in [1.29, 1.82) is 0 Å². The molecule has 6 nitrogen and oxygen atoms in total. The molecule has 0 spiro atoms. The van der Waals surface area contributed by atoms with Gasteiger partial charge in [-0.25, -0.2) is 9.97 Å². The lowest BCUT2D eigenvalue weighted by Crippen LogP contribution is -2.18. The molecule has 1 aliphatic rings. The number of hydrogen-bond acceptors (Lipinski definition) is 3. The van der Waals surface area contributed by atoms with Gasteiger partial charge in [-0.15, -0.1) is 0 Å². The van der Waals surface area contributed by atoms with Gasteiger partial charge in [0.25, 0.3) is 5.91 Å². The van der Waals surface area contributed by atoms with E-state index in [9.17, 15) is 4.79 Å². The number of fused-ring (bicyclic) bond motifs is 3. The van der Waals surface area contributed by atoms with Gasteiger partial charge in [0.1, 0.15) is 11.0 Å². The first-order valence-corrected chi connectivity index (χ1v) is 7.67. The molecule has 2 N–H and O–H groups in total. The van der Waals surface area contributed by atoms with E-state index in [1.165, 1.54) is 6.20 Å². The number of hydrogen-bond donors (Lipinski definition) is 2. The van der Waals surface area contributed by atoms with E-state index in [1.807, 2.05) is 6.20 Å². The van der Waals surface area contributed by atoms with E-state index in [2.05, 4.69) is 31.8 Å². The molecule has 0 aliphatic carbocycles. The van der Waals surface area contributed by atoms with Crippen molar-refractivity contribution < 1.29 is 4.79 Å². The van der Waals surface area contributed by atoms with Crippen molar-refractivity contribution in [3.63, 3.8) is 0 Å². The van der Waals surface area contributed by atoms with Gasteiger partial charge in [-0.3, -0.25) is 4.79 Å². The van der Waals surface area contributed by atoms with Crippen LogP contribution in [0.3, 0.4) is 0 Å². The Hall–Kier alpha value is -2.60. The summed E-state index contributed by atoms with van der Waals surface area (Å²) in [5.41, 5.74) is 3.08. The van der Waals surface area contributed by atoms with Gasteiger partial charge >= 0.3 is 0 Å². The van der Waals surface area contributed by atoms with Crippen LogP contribution in [-0.4, -0.2) is 25.4 Å². The number of aromatic nitrogens is 4. The number of aromatic amines is 1. The van der Waals surface area contributed by atoms with Gasteiger partial charge in [0.05, 0.1) is 23.0 Å². The van der Waals surface area contributed by atoms with Gasteiger partial charge in [-0.2, -0.15) is 0 Å². The zero-order valence-electron chi connectivity index (χ0n) is 12.4. The Kier molecular flexibility index (Phi) is 3.20. The minimum absolute atomic E-state index is 0.198. The number of anilines is 1. The third-order valence-electron chi connectivity index (χ3n) is 4.06. The quantitative estimate of drug-likeness (QED) is 0.709. The molecule has 0 bridgehead atoms.